The molecule has 0 amide bonds. The van der Waals surface area contributed by atoms with Gasteiger partial charge in [-0.1, -0.05) is 121 Å². The van der Waals surface area contributed by atoms with E-state index in [4.69, 9.17) is 4.55 Å². The third-order valence-corrected chi connectivity index (χ3v) is 8.34. The lowest BCUT2D eigenvalue weighted by Gasteiger charge is -2.30. The zero-order valence-corrected chi connectivity index (χ0v) is 25.0. The molecule has 0 aliphatic carbocycles. The minimum Gasteiger partial charge on any atom is -0.379 e. The summed E-state index contributed by atoms with van der Waals surface area (Å²) in [4.78, 5) is 4.57. The minimum absolute atomic E-state index is 0.0666. The molecule has 1 heterocycles. The molecule has 216 valence electrons. The maximum atomic E-state index is 10.5. The third-order valence-electron chi connectivity index (χ3n) is 7.47. The van der Waals surface area contributed by atoms with Crippen LogP contribution in [0.1, 0.15) is 122 Å². The van der Waals surface area contributed by atoms with Gasteiger partial charge < -0.3 is 5.11 Å². The number of rotatable bonds is 18. The molecule has 2 atom stereocenters. The van der Waals surface area contributed by atoms with Gasteiger partial charge in [0.2, 0.25) is 0 Å². The van der Waals surface area contributed by atoms with Crippen LogP contribution in [0.25, 0.3) is 0 Å². The Kier molecular flexibility index (Phi) is 18.4. The number of likely N-dealkylation sites (N-methyl/N-ethyl adjacent to an activating group) is 1. The van der Waals surface area contributed by atoms with Gasteiger partial charge in [0.1, 0.15) is 6.23 Å². The van der Waals surface area contributed by atoms with Crippen molar-refractivity contribution >= 4 is 10.1 Å². The standard InChI is InChI=1S/C23H48N2O.C7H8O3S/c1-4-5-6-7-8-9-10-11-12-13-14-15-16-17-18-19-23-24(3)20-21-25(23)22(2)26;1-6-2-4-7(5-3-6)11(8,9)10/h22-23,26H,4-21H2,1-3H3;2-5H,1H3,(H,8,9,10). The van der Waals surface area contributed by atoms with Crippen LogP contribution in [-0.2, 0) is 10.1 Å². The highest BCUT2D eigenvalue weighted by Gasteiger charge is 2.30. The van der Waals surface area contributed by atoms with Gasteiger partial charge in [-0.25, -0.2) is 0 Å². The topological polar surface area (TPSA) is 81.1 Å². The Morgan fingerprint density at radius 1 is 0.811 bits per heavy atom. The number of aliphatic hydroxyl groups is 1. The molecule has 1 aliphatic heterocycles. The van der Waals surface area contributed by atoms with Gasteiger partial charge in [0.25, 0.3) is 10.1 Å². The van der Waals surface area contributed by atoms with Crippen molar-refractivity contribution in [3.63, 3.8) is 0 Å². The van der Waals surface area contributed by atoms with Gasteiger partial charge in [0, 0.05) is 13.1 Å². The van der Waals surface area contributed by atoms with Gasteiger partial charge >= 0.3 is 0 Å². The van der Waals surface area contributed by atoms with Crippen molar-refractivity contribution in [3.05, 3.63) is 29.8 Å². The van der Waals surface area contributed by atoms with Crippen LogP contribution in [0.4, 0.5) is 0 Å². The molecule has 2 rings (SSSR count). The fraction of sp³-hybridized carbons (Fsp3) is 0.800. The average Bonchev–Trinajstić information content (AvgIpc) is 3.22. The Morgan fingerprint density at radius 2 is 1.24 bits per heavy atom. The van der Waals surface area contributed by atoms with Crippen LogP contribution in [0.2, 0.25) is 0 Å². The Morgan fingerprint density at radius 3 is 1.65 bits per heavy atom. The summed E-state index contributed by atoms with van der Waals surface area (Å²) in [5.74, 6) is 0. The molecule has 7 heteroatoms. The number of aliphatic hydroxyl groups excluding tert-OH is 1. The smallest absolute Gasteiger partial charge is 0.294 e. The van der Waals surface area contributed by atoms with E-state index in [1.807, 2.05) is 13.8 Å². The van der Waals surface area contributed by atoms with Crippen molar-refractivity contribution in [2.75, 3.05) is 20.1 Å². The van der Waals surface area contributed by atoms with Crippen molar-refractivity contribution in [3.8, 4) is 0 Å². The van der Waals surface area contributed by atoms with E-state index in [2.05, 4.69) is 23.8 Å². The van der Waals surface area contributed by atoms with Crippen LogP contribution in [0, 0.1) is 6.92 Å². The minimum atomic E-state index is -4.02. The lowest BCUT2D eigenvalue weighted by Crippen LogP contribution is -2.41. The maximum Gasteiger partial charge on any atom is 0.294 e. The Hall–Kier alpha value is -0.990. The monoisotopic (exact) mass is 540 g/mol. The molecule has 1 fully saturated rings. The summed E-state index contributed by atoms with van der Waals surface area (Å²) in [6, 6.07) is 5.99. The van der Waals surface area contributed by atoms with E-state index in [1.165, 1.54) is 115 Å². The maximum absolute atomic E-state index is 10.5. The molecule has 0 aromatic heterocycles. The number of aryl methyl sites for hydroxylation is 1. The fourth-order valence-electron chi connectivity index (χ4n) is 5.05. The highest BCUT2D eigenvalue weighted by Crippen LogP contribution is 2.21. The van der Waals surface area contributed by atoms with E-state index in [9.17, 15) is 13.5 Å². The van der Waals surface area contributed by atoms with Gasteiger partial charge in [-0.05, 0) is 39.4 Å². The second-order valence-corrected chi connectivity index (χ2v) is 12.3. The van der Waals surface area contributed by atoms with Gasteiger partial charge in [-0.15, -0.1) is 0 Å². The molecule has 37 heavy (non-hydrogen) atoms. The quantitative estimate of drug-likeness (QED) is 0.149. The van der Waals surface area contributed by atoms with Crippen molar-refractivity contribution in [2.45, 2.75) is 141 Å². The second-order valence-electron chi connectivity index (χ2n) is 10.9. The molecule has 0 spiro atoms. The Bertz CT molecular complexity index is 783. The second kappa shape index (κ2) is 20.0. The number of hydrogen-bond acceptors (Lipinski definition) is 5. The van der Waals surface area contributed by atoms with Crippen LogP contribution in [-0.4, -0.2) is 60.4 Å². The Labute approximate surface area is 228 Å². The van der Waals surface area contributed by atoms with E-state index in [-0.39, 0.29) is 11.1 Å². The first-order valence-corrected chi connectivity index (χ1v) is 16.3. The summed E-state index contributed by atoms with van der Waals surface area (Å²) in [6.07, 6.45) is 22.7. The van der Waals surface area contributed by atoms with Crippen molar-refractivity contribution in [2.24, 2.45) is 0 Å². The van der Waals surface area contributed by atoms with Crippen LogP contribution in [0.5, 0.6) is 0 Å². The molecule has 1 aromatic rings. The van der Waals surface area contributed by atoms with Crippen LogP contribution in [0.15, 0.2) is 29.2 Å². The highest BCUT2D eigenvalue weighted by molar-refractivity contribution is 7.85. The molecule has 6 nitrogen and oxygen atoms in total. The number of unbranched alkanes of at least 4 members (excludes halogenated alkanes) is 14. The molecule has 2 unspecified atom stereocenters. The largest absolute Gasteiger partial charge is 0.379 e. The average molecular weight is 541 g/mol. The van der Waals surface area contributed by atoms with Crippen molar-refractivity contribution < 1.29 is 18.1 Å². The van der Waals surface area contributed by atoms with Crippen molar-refractivity contribution in [1.29, 1.82) is 0 Å². The molecule has 1 aliphatic rings. The van der Waals surface area contributed by atoms with Gasteiger partial charge in [-0.2, -0.15) is 8.42 Å². The van der Waals surface area contributed by atoms with Gasteiger partial charge in [0.05, 0.1) is 11.1 Å². The van der Waals surface area contributed by atoms with E-state index in [1.54, 1.807) is 12.1 Å². The normalized spacial score (nSPS) is 17.5. The van der Waals surface area contributed by atoms with Crippen LogP contribution < -0.4 is 0 Å². The molecule has 1 saturated heterocycles. The number of hydrogen-bond donors (Lipinski definition) is 2. The SMILES string of the molecule is CCCCCCCCCCCCCCCCCC1N(C)CCN1C(C)O.Cc1ccc(S(=O)(=O)O)cc1. The summed E-state index contributed by atoms with van der Waals surface area (Å²) < 4.78 is 29.6. The first-order chi connectivity index (χ1) is 17.7. The summed E-state index contributed by atoms with van der Waals surface area (Å²) in [5.41, 5.74) is 0.956. The molecule has 0 bridgehead atoms. The summed E-state index contributed by atoms with van der Waals surface area (Å²) in [6.45, 7) is 8.14. The molecule has 1 aromatic carbocycles. The van der Waals surface area contributed by atoms with E-state index >= 15 is 0 Å². The molecular formula is C30H56N2O4S. The van der Waals surface area contributed by atoms with Gasteiger partial charge in [0.15, 0.2) is 0 Å². The zero-order chi connectivity index (χ0) is 27.5. The van der Waals surface area contributed by atoms with E-state index in [0.717, 1.165) is 18.7 Å². The lowest BCUT2D eigenvalue weighted by atomic mass is 10.0. The van der Waals surface area contributed by atoms with E-state index < -0.39 is 10.1 Å². The summed E-state index contributed by atoms with van der Waals surface area (Å²) in [7, 11) is -1.83. The lowest BCUT2D eigenvalue weighted by molar-refractivity contribution is -0.0155. The predicted molar refractivity (Wildman–Crippen MR) is 155 cm³/mol. The highest BCUT2D eigenvalue weighted by atomic mass is 32.2. The van der Waals surface area contributed by atoms with Gasteiger partial charge in [-0.3, -0.25) is 14.4 Å². The fourth-order valence-corrected chi connectivity index (χ4v) is 5.54. The molecular weight excluding hydrogens is 484 g/mol. The van der Waals surface area contributed by atoms with Crippen LogP contribution in [0.3, 0.4) is 0 Å². The zero-order valence-electron chi connectivity index (χ0n) is 24.2. The summed E-state index contributed by atoms with van der Waals surface area (Å²) >= 11 is 0. The van der Waals surface area contributed by atoms with Crippen LogP contribution >= 0.6 is 0 Å². The van der Waals surface area contributed by atoms with E-state index in [0.29, 0.717) is 6.17 Å². The number of benzene rings is 1. The predicted octanol–water partition coefficient (Wildman–Crippen LogP) is 7.40. The first kappa shape index (κ1) is 34.0. The Balaban J connectivity index is 0.000000516. The molecule has 0 radical (unpaired) electrons. The number of nitrogens with zero attached hydrogens (tertiary/aromatic N) is 2. The first-order valence-electron chi connectivity index (χ1n) is 14.8. The summed E-state index contributed by atoms with van der Waals surface area (Å²) in [5, 5.41) is 9.87. The third kappa shape index (κ3) is 15.9. The molecule has 0 saturated carbocycles. The van der Waals surface area contributed by atoms with Crippen molar-refractivity contribution in [1.82, 2.24) is 9.80 Å². The molecule has 2 N–H and O–H groups in total.